The fourth-order valence-electron chi connectivity index (χ4n) is 0.772. The maximum Gasteiger partial charge on any atom is 0.138 e. The molecule has 0 amide bonds. The molecule has 1 aromatic carbocycles. The van der Waals surface area contributed by atoms with Gasteiger partial charge in [0.15, 0.2) is 0 Å². The number of hydrogen-bond acceptors (Lipinski definition) is 1. The Morgan fingerprint density at radius 2 is 2.09 bits per heavy atom. The normalized spacial score (nSPS) is 12.5. The van der Waals surface area contributed by atoms with Crippen LogP contribution >= 0.6 is 38.5 Å². The maximum atomic E-state index is 10.4. The zero-order chi connectivity index (χ0) is 8.27. The predicted molar refractivity (Wildman–Crippen MR) is 56.9 cm³/mol. The van der Waals surface area contributed by atoms with Crippen LogP contribution in [0.25, 0.3) is 0 Å². The first kappa shape index (κ1) is 9.19. The van der Waals surface area contributed by atoms with E-state index in [1.807, 2.05) is 24.3 Å². The van der Waals surface area contributed by atoms with E-state index in [2.05, 4.69) is 38.5 Å². The monoisotopic (exact) mass is 324 g/mol. The van der Waals surface area contributed by atoms with E-state index in [4.69, 9.17) is 0 Å². The second kappa shape index (κ2) is 4.21. The van der Waals surface area contributed by atoms with Crippen molar-refractivity contribution >= 4 is 44.8 Å². The van der Waals surface area contributed by atoms with Gasteiger partial charge in [-0.3, -0.25) is 0 Å². The molecule has 1 rings (SSSR count). The lowest BCUT2D eigenvalue weighted by molar-refractivity contribution is -0.107. The Morgan fingerprint density at radius 3 is 2.64 bits per heavy atom. The summed E-state index contributed by atoms with van der Waals surface area (Å²) < 4.78 is 1.11. The molecule has 1 aromatic rings. The summed E-state index contributed by atoms with van der Waals surface area (Å²) in [6.07, 6.45) is 0.886. The Kier molecular flexibility index (Phi) is 3.51. The first-order valence-electron chi connectivity index (χ1n) is 3.09. The van der Waals surface area contributed by atoms with Crippen molar-refractivity contribution in [2.75, 3.05) is 0 Å². The van der Waals surface area contributed by atoms with Crippen molar-refractivity contribution in [3.63, 3.8) is 0 Å². The number of rotatable bonds is 2. The minimum absolute atomic E-state index is 0.171. The Hall–Kier alpha value is 0.100. The van der Waals surface area contributed by atoms with Gasteiger partial charge in [0.05, 0.1) is 4.83 Å². The summed E-state index contributed by atoms with van der Waals surface area (Å²) in [5.74, 6) is 0. The number of aldehydes is 1. The van der Waals surface area contributed by atoms with E-state index in [1.165, 1.54) is 0 Å². The number of hydrogen-bond donors (Lipinski definition) is 0. The number of carbonyl (C=O) groups is 1. The summed E-state index contributed by atoms with van der Waals surface area (Å²) in [7, 11) is 0. The second-order valence-electron chi connectivity index (χ2n) is 2.06. The molecule has 0 radical (unpaired) electrons. The summed E-state index contributed by atoms with van der Waals surface area (Å²) in [4.78, 5) is 10.2. The molecule has 0 spiro atoms. The highest BCUT2D eigenvalue weighted by Crippen LogP contribution is 2.24. The Balaban J connectivity index is 3.02. The summed E-state index contributed by atoms with van der Waals surface area (Å²) in [5, 5.41) is 0. The van der Waals surface area contributed by atoms with Gasteiger partial charge in [-0.2, -0.15) is 0 Å². The van der Waals surface area contributed by atoms with Gasteiger partial charge in [0.25, 0.3) is 0 Å². The Morgan fingerprint density at radius 1 is 1.45 bits per heavy atom. The largest absolute Gasteiger partial charge is 0.302 e. The van der Waals surface area contributed by atoms with E-state index < -0.39 is 0 Å². The lowest BCUT2D eigenvalue weighted by Crippen LogP contribution is -1.92. The number of benzene rings is 1. The minimum Gasteiger partial charge on any atom is -0.302 e. The Bertz CT molecular complexity index is 262. The van der Waals surface area contributed by atoms with Gasteiger partial charge in [-0.1, -0.05) is 34.1 Å². The van der Waals surface area contributed by atoms with Gasteiger partial charge < -0.3 is 4.79 Å². The molecule has 58 valence electrons. The van der Waals surface area contributed by atoms with Crippen molar-refractivity contribution in [3.05, 3.63) is 33.4 Å². The summed E-state index contributed by atoms with van der Waals surface area (Å²) in [6.45, 7) is 0. The number of alkyl halides is 1. The first-order valence-corrected chi connectivity index (χ1v) is 5.09. The van der Waals surface area contributed by atoms with Crippen LogP contribution in [0, 0.1) is 3.57 Å². The molecule has 0 aliphatic carbocycles. The van der Waals surface area contributed by atoms with Crippen LogP contribution in [-0.2, 0) is 4.79 Å². The molecule has 1 nitrogen and oxygen atoms in total. The third-order valence-electron chi connectivity index (χ3n) is 1.32. The van der Waals surface area contributed by atoms with Gasteiger partial charge in [-0.05, 0) is 34.2 Å². The molecular formula is C8H6BrIO. The molecule has 1 atom stereocenters. The highest BCUT2D eigenvalue weighted by molar-refractivity contribution is 14.1. The van der Waals surface area contributed by atoms with Gasteiger partial charge >= 0.3 is 0 Å². The van der Waals surface area contributed by atoms with E-state index in [0.29, 0.717) is 0 Å². The zero-order valence-electron chi connectivity index (χ0n) is 5.63. The van der Waals surface area contributed by atoms with Crippen LogP contribution in [0.1, 0.15) is 10.4 Å². The van der Waals surface area contributed by atoms with E-state index in [0.717, 1.165) is 15.4 Å². The highest BCUT2D eigenvalue weighted by Gasteiger charge is 2.07. The van der Waals surface area contributed by atoms with Gasteiger partial charge in [0, 0.05) is 3.57 Å². The lowest BCUT2D eigenvalue weighted by atomic mass is 10.2. The summed E-state index contributed by atoms with van der Waals surface area (Å²) in [5.41, 5.74) is 1.03. The molecule has 0 saturated heterocycles. The molecule has 0 fully saturated rings. The molecule has 0 N–H and O–H groups in total. The third-order valence-corrected chi connectivity index (χ3v) is 3.01. The smallest absolute Gasteiger partial charge is 0.138 e. The van der Waals surface area contributed by atoms with Crippen LogP contribution in [-0.4, -0.2) is 6.29 Å². The van der Waals surface area contributed by atoms with Gasteiger partial charge in [0.1, 0.15) is 6.29 Å². The topological polar surface area (TPSA) is 17.1 Å². The maximum absolute atomic E-state index is 10.4. The molecule has 0 heterocycles. The van der Waals surface area contributed by atoms with Crippen LogP contribution in [0.5, 0.6) is 0 Å². The molecule has 0 aromatic heterocycles. The fourth-order valence-corrected chi connectivity index (χ4v) is 2.32. The van der Waals surface area contributed by atoms with Crippen molar-refractivity contribution in [1.29, 1.82) is 0 Å². The number of halogens is 2. The van der Waals surface area contributed by atoms with Gasteiger partial charge in [-0.15, -0.1) is 0 Å². The number of carbonyl (C=O) groups excluding carboxylic acids is 1. The van der Waals surface area contributed by atoms with Crippen LogP contribution in [0.4, 0.5) is 0 Å². The van der Waals surface area contributed by atoms with E-state index in [9.17, 15) is 4.79 Å². The molecular weight excluding hydrogens is 319 g/mol. The highest BCUT2D eigenvalue weighted by atomic mass is 127. The third kappa shape index (κ3) is 2.27. The van der Waals surface area contributed by atoms with Crippen molar-refractivity contribution in [3.8, 4) is 0 Å². The summed E-state index contributed by atoms with van der Waals surface area (Å²) in [6, 6.07) is 7.80. The van der Waals surface area contributed by atoms with Crippen LogP contribution in [0.2, 0.25) is 0 Å². The lowest BCUT2D eigenvalue weighted by Gasteiger charge is -2.03. The van der Waals surface area contributed by atoms with Crippen LogP contribution in [0.3, 0.4) is 0 Å². The SMILES string of the molecule is O=CC(Br)c1ccccc1I. The predicted octanol–water partition coefficient (Wildman–Crippen LogP) is 2.93. The molecule has 11 heavy (non-hydrogen) atoms. The molecule has 0 aliphatic heterocycles. The molecule has 0 bridgehead atoms. The second-order valence-corrected chi connectivity index (χ2v) is 4.21. The van der Waals surface area contributed by atoms with E-state index >= 15 is 0 Å². The molecule has 1 unspecified atom stereocenters. The van der Waals surface area contributed by atoms with Gasteiger partial charge in [-0.25, -0.2) is 0 Å². The quantitative estimate of drug-likeness (QED) is 0.464. The Labute approximate surface area is 87.5 Å². The van der Waals surface area contributed by atoms with E-state index in [-0.39, 0.29) is 4.83 Å². The van der Waals surface area contributed by atoms with Crippen molar-refractivity contribution < 1.29 is 4.79 Å². The van der Waals surface area contributed by atoms with Gasteiger partial charge in [0.2, 0.25) is 0 Å². The van der Waals surface area contributed by atoms with Crippen molar-refractivity contribution in [2.45, 2.75) is 4.83 Å². The molecule has 0 aliphatic rings. The van der Waals surface area contributed by atoms with Crippen molar-refractivity contribution in [1.82, 2.24) is 0 Å². The average molecular weight is 325 g/mol. The standard InChI is InChI=1S/C8H6BrIO/c9-7(5-11)6-3-1-2-4-8(6)10/h1-5,7H. The molecule has 0 saturated carbocycles. The zero-order valence-corrected chi connectivity index (χ0v) is 9.37. The summed E-state index contributed by atoms with van der Waals surface area (Å²) >= 11 is 5.47. The van der Waals surface area contributed by atoms with Crippen LogP contribution in [0.15, 0.2) is 24.3 Å². The van der Waals surface area contributed by atoms with Crippen molar-refractivity contribution in [2.24, 2.45) is 0 Å². The fraction of sp³-hybridized carbons (Fsp3) is 0.125. The average Bonchev–Trinajstić information content (AvgIpc) is 2.04. The minimum atomic E-state index is -0.171. The first-order chi connectivity index (χ1) is 5.25. The van der Waals surface area contributed by atoms with Crippen LogP contribution < -0.4 is 0 Å². The molecule has 3 heteroatoms. The van der Waals surface area contributed by atoms with E-state index in [1.54, 1.807) is 0 Å².